The number of hydrogen-bond donors (Lipinski definition) is 0. The number of fused-ring (bicyclic) bond motifs is 2. The van der Waals surface area contributed by atoms with Gasteiger partial charge in [0.25, 0.3) is 0 Å². The maximum atomic E-state index is 6.71. The third-order valence-corrected chi connectivity index (χ3v) is 5.64. The zero-order valence-corrected chi connectivity index (χ0v) is 16.4. The largest absolute Gasteiger partial charge is 0.0837 e. The molecule has 0 radical (unpaired) electrons. The van der Waals surface area contributed by atoms with Gasteiger partial charge in [0.2, 0.25) is 0 Å². The molecule has 0 aromatic heterocycles. The highest BCUT2D eigenvalue weighted by Crippen LogP contribution is 2.43. The summed E-state index contributed by atoms with van der Waals surface area (Å²) in [7, 11) is 0. The van der Waals surface area contributed by atoms with E-state index in [0.29, 0.717) is 5.92 Å². The molecule has 0 unspecified atom stereocenters. The minimum Gasteiger partial charge on any atom is -0.0837 e. The van der Waals surface area contributed by atoms with Crippen molar-refractivity contribution in [2.24, 2.45) is 0 Å². The second-order valence-corrected chi connectivity index (χ2v) is 7.85. The first-order valence-electron chi connectivity index (χ1n) is 8.93. The molecule has 0 bridgehead atoms. The highest BCUT2D eigenvalue weighted by Gasteiger charge is 2.19. The predicted molar refractivity (Wildman–Crippen MR) is 115 cm³/mol. The second kappa shape index (κ2) is 6.95. The molecule has 0 saturated carbocycles. The highest BCUT2D eigenvalue weighted by atomic mass is 35.5. The fourth-order valence-corrected chi connectivity index (χ4v) is 4.52. The molecule has 4 rings (SSSR count). The molecule has 0 aliphatic carbocycles. The SMILES string of the molecule is CC(C)c1c2cccc(Cl)c2c(Cc2ccccc2)c2cccc(Cl)c12. The van der Waals surface area contributed by atoms with Crippen LogP contribution in [0.25, 0.3) is 21.5 Å². The van der Waals surface area contributed by atoms with Crippen LogP contribution in [0, 0.1) is 0 Å². The zero-order valence-electron chi connectivity index (χ0n) is 14.9. The molecule has 2 heteroatoms. The van der Waals surface area contributed by atoms with Gasteiger partial charge in [0.15, 0.2) is 0 Å². The van der Waals surface area contributed by atoms with Gasteiger partial charge in [-0.1, -0.05) is 91.6 Å². The molecule has 0 saturated heterocycles. The normalized spacial score (nSPS) is 11.6. The van der Waals surface area contributed by atoms with Gasteiger partial charge in [-0.2, -0.15) is 0 Å². The first-order valence-corrected chi connectivity index (χ1v) is 9.68. The van der Waals surface area contributed by atoms with Crippen LogP contribution in [0.4, 0.5) is 0 Å². The van der Waals surface area contributed by atoms with Crippen LogP contribution in [0.3, 0.4) is 0 Å². The lowest BCUT2D eigenvalue weighted by Crippen LogP contribution is -1.99. The Morgan fingerprint density at radius 1 is 0.692 bits per heavy atom. The third kappa shape index (κ3) is 2.88. The second-order valence-electron chi connectivity index (χ2n) is 7.03. The summed E-state index contributed by atoms with van der Waals surface area (Å²) in [6.07, 6.45) is 0.830. The average Bonchev–Trinajstić information content (AvgIpc) is 2.63. The molecule has 0 spiro atoms. The quantitative estimate of drug-likeness (QED) is 0.316. The van der Waals surface area contributed by atoms with Gasteiger partial charge in [-0.3, -0.25) is 0 Å². The molecule has 0 N–H and O–H groups in total. The summed E-state index contributed by atoms with van der Waals surface area (Å²) in [6.45, 7) is 4.44. The van der Waals surface area contributed by atoms with E-state index in [1.165, 1.54) is 27.5 Å². The Labute approximate surface area is 164 Å². The third-order valence-electron chi connectivity index (χ3n) is 5.01. The molecule has 0 fully saturated rings. The molecule has 0 amide bonds. The summed E-state index contributed by atoms with van der Waals surface area (Å²) < 4.78 is 0. The lowest BCUT2D eigenvalue weighted by atomic mass is 9.85. The van der Waals surface area contributed by atoms with Gasteiger partial charge in [0.05, 0.1) is 0 Å². The smallest absolute Gasteiger partial charge is 0.0487 e. The van der Waals surface area contributed by atoms with Gasteiger partial charge in [-0.25, -0.2) is 0 Å². The van der Waals surface area contributed by atoms with E-state index in [1.807, 2.05) is 30.3 Å². The Bertz CT molecular complexity index is 1100. The zero-order chi connectivity index (χ0) is 18.3. The maximum absolute atomic E-state index is 6.71. The topological polar surface area (TPSA) is 0 Å². The van der Waals surface area contributed by atoms with E-state index in [0.717, 1.165) is 27.2 Å². The number of hydrogen-bond acceptors (Lipinski definition) is 0. The van der Waals surface area contributed by atoms with Crippen LogP contribution in [0.1, 0.15) is 36.5 Å². The number of benzene rings is 4. The molecule has 0 aliphatic rings. The predicted octanol–water partition coefficient (Wildman–Crippen LogP) is 8.01. The van der Waals surface area contributed by atoms with Crippen LogP contribution in [0.15, 0.2) is 66.7 Å². The van der Waals surface area contributed by atoms with Gasteiger partial charge < -0.3 is 0 Å². The molecule has 0 atom stereocenters. The summed E-state index contributed by atoms with van der Waals surface area (Å²) >= 11 is 13.4. The molecule has 0 heterocycles. The Balaban J connectivity index is 2.18. The molecule has 4 aromatic carbocycles. The summed E-state index contributed by atoms with van der Waals surface area (Å²) in [4.78, 5) is 0. The van der Waals surface area contributed by atoms with E-state index in [1.54, 1.807) is 0 Å². The van der Waals surface area contributed by atoms with Gasteiger partial charge >= 0.3 is 0 Å². The van der Waals surface area contributed by atoms with E-state index in [9.17, 15) is 0 Å². The fraction of sp³-hybridized carbons (Fsp3) is 0.167. The lowest BCUT2D eigenvalue weighted by molar-refractivity contribution is 0.885. The summed E-state index contributed by atoms with van der Waals surface area (Å²) in [5.41, 5.74) is 3.80. The van der Waals surface area contributed by atoms with Gasteiger partial charge in [0.1, 0.15) is 0 Å². The maximum Gasteiger partial charge on any atom is 0.0487 e. The minimum absolute atomic E-state index is 0.351. The van der Waals surface area contributed by atoms with Crippen molar-refractivity contribution in [3.63, 3.8) is 0 Å². The summed E-state index contributed by atoms with van der Waals surface area (Å²) in [6, 6.07) is 22.9. The highest BCUT2D eigenvalue weighted by molar-refractivity contribution is 6.39. The van der Waals surface area contributed by atoms with Crippen LogP contribution in [-0.2, 0) is 6.42 Å². The first-order chi connectivity index (χ1) is 12.6. The van der Waals surface area contributed by atoms with Gasteiger partial charge in [0, 0.05) is 20.8 Å². The average molecular weight is 379 g/mol. The minimum atomic E-state index is 0.351. The van der Waals surface area contributed by atoms with Crippen molar-refractivity contribution in [2.45, 2.75) is 26.2 Å². The lowest BCUT2D eigenvalue weighted by Gasteiger charge is -2.21. The summed E-state index contributed by atoms with van der Waals surface area (Å²) in [5.74, 6) is 0.351. The van der Waals surface area contributed by atoms with Crippen LogP contribution in [0.5, 0.6) is 0 Å². The van der Waals surface area contributed by atoms with Crippen molar-refractivity contribution in [2.75, 3.05) is 0 Å². The van der Waals surface area contributed by atoms with E-state index < -0.39 is 0 Å². The molecule has 4 aromatic rings. The Morgan fingerprint density at radius 2 is 1.31 bits per heavy atom. The van der Waals surface area contributed by atoms with E-state index in [2.05, 4.69) is 50.2 Å². The Hall–Kier alpha value is -2.02. The van der Waals surface area contributed by atoms with Crippen molar-refractivity contribution in [1.29, 1.82) is 0 Å². The van der Waals surface area contributed by atoms with Crippen molar-refractivity contribution in [3.05, 3.63) is 93.5 Å². The van der Waals surface area contributed by atoms with Gasteiger partial charge in [-0.05, 0) is 51.9 Å². The standard InChI is InChI=1S/C24H20Cl2/c1-15(2)22-18-11-7-12-20(25)23(18)19(14-16-8-4-3-5-9-16)17-10-6-13-21(26)24(17)22/h3-13,15H,14H2,1-2H3. The van der Waals surface area contributed by atoms with E-state index in [-0.39, 0.29) is 0 Å². The monoisotopic (exact) mass is 378 g/mol. The first kappa shape index (κ1) is 17.4. The van der Waals surface area contributed by atoms with Crippen molar-refractivity contribution < 1.29 is 0 Å². The van der Waals surface area contributed by atoms with E-state index in [4.69, 9.17) is 23.2 Å². The molecule has 130 valence electrons. The van der Waals surface area contributed by atoms with Crippen LogP contribution >= 0.6 is 23.2 Å². The van der Waals surface area contributed by atoms with Crippen LogP contribution < -0.4 is 0 Å². The van der Waals surface area contributed by atoms with E-state index >= 15 is 0 Å². The Morgan fingerprint density at radius 3 is 1.96 bits per heavy atom. The van der Waals surface area contributed by atoms with Gasteiger partial charge in [-0.15, -0.1) is 0 Å². The summed E-state index contributed by atoms with van der Waals surface area (Å²) in [5, 5.41) is 6.32. The number of rotatable bonds is 3. The Kier molecular flexibility index (Phi) is 4.65. The van der Waals surface area contributed by atoms with Crippen molar-refractivity contribution in [3.8, 4) is 0 Å². The molecular weight excluding hydrogens is 359 g/mol. The molecule has 0 nitrogen and oxygen atoms in total. The van der Waals surface area contributed by atoms with Crippen molar-refractivity contribution >= 4 is 44.7 Å². The van der Waals surface area contributed by atoms with Crippen molar-refractivity contribution in [1.82, 2.24) is 0 Å². The molecule has 0 aliphatic heterocycles. The van der Waals surface area contributed by atoms with Crippen LogP contribution in [0.2, 0.25) is 10.0 Å². The molecular formula is C24H20Cl2. The fourth-order valence-electron chi connectivity index (χ4n) is 3.96. The number of halogens is 2. The molecule has 26 heavy (non-hydrogen) atoms. The van der Waals surface area contributed by atoms with Crippen LogP contribution in [-0.4, -0.2) is 0 Å².